The van der Waals surface area contributed by atoms with E-state index in [1.165, 1.54) is 6.07 Å². The number of benzene rings is 10. The minimum absolute atomic E-state index is 0.0166. The highest BCUT2D eigenvalue weighted by Gasteiger charge is 2.37. The molecule has 0 radical (unpaired) electrons. The van der Waals surface area contributed by atoms with Gasteiger partial charge in [0.15, 0.2) is 0 Å². The Balaban J connectivity index is 1.18. The average Bonchev–Trinajstić information content (AvgIpc) is 3.90. The van der Waals surface area contributed by atoms with Crippen LogP contribution in [0.25, 0.3) is 111 Å². The van der Waals surface area contributed by atoms with Crippen molar-refractivity contribution in [3.8, 4) is 73.1 Å². The summed E-state index contributed by atoms with van der Waals surface area (Å²) < 4.78 is 52.7. The summed E-state index contributed by atoms with van der Waals surface area (Å²) in [6.07, 6.45) is -4.78. The zero-order valence-corrected chi connectivity index (χ0v) is 36.4. The number of halogens is 3. The van der Waals surface area contributed by atoms with Crippen molar-refractivity contribution in [3.63, 3.8) is 0 Å². The highest BCUT2D eigenvalue weighted by atomic mass is 19.4. The zero-order valence-electron chi connectivity index (χ0n) is 36.4. The molecule has 0 aliphatic carbocycles. The normalized spacial score (nSPS) is 11.7. The number of rotatable bonds is 7. The molecule has 10 aromatic carbocycles. The predicted octanol–water partition coefficient (Wildman–Crippen LogP) is 17.1. The van der Waals surface area contributed by atoms with Crippen LogP contribution in [0.15, 0.2) is 231 Å². The fourth-order valence-electron chi connectivity index (χ4n) is 9.97. The average molecular weight is 882 g/mol. The van der Waals surface area contributed by atoms with E-state index in [0.717, 1.165) is 77.1 Å². The van der Waals surface area contributed by atoms with Crippen molar-refractivity contribution in [2.24, 2.45) is 0 Å². The summed E-state index contributed by atoms with van der Waals surface area (Å²) in [5.74, 6) is 0. The van der Waals surface area contributed by atoms with Crippen molar-refractivity contribution in [1.29, 1.82) is 5.26 Å². The molecule has 0 bridgehead atoms. The van der Waals surface area contributed by atoms with E-state index in [-0.39, 0.29) is 5.69 Å². The van der Waals surface area contributed by atoms with Crippen molar-refractivity contribution in [3.05, 3.63) is 242 Å². The van der Waals surface area contributed by atoms with Crippen LogP contribution in [0.2, 0.25) is 0 Å². The first kappa shape index (κ1) is 40.6. The molecule has 0 aliphatic heterocycles. The molecule has 0 atom stereocenters. The summed E-state index contributed by atoms with van der Waals surface area (Å²) >= 11 is 0. The van der Waals surface area contributed by atoms with Crippen LogP contribution in [-0.4, -0.2) is 9.13 Å². The van der Waals surface area contributed by atoms with Crippen LogP contribution < -0.4 is 0 Å². The molecule has 2 aromatic heterocycles. The van der Waals surface area contributed by atoms with Gasteiger partial charge in [0.25, 0.3) is 0 Å². The van der Waals surface area contributed by atoms with Gasteiger partial charge in [-0.15, -0.1) is 0 Å². The van der Waals surface area contributed by atoms with Gasteiger partial charge < -0.3 is 9.13 Å². The topological polar surface area (TPSA) is 33.6 Å². The number of fused-ring (bicyclic) bond motifs is 6. The maximum absolute atomic E-state index is 16.3. The predicted molar refractivity (Wildman–Crippen MR) is 272 cm³/mol. The lowest BCUT2D eigenvalue weighted by atomic mass is 9.97. The van der Waals surface area contributed by atoms with Gasteiger partial charge in [-0.2, -0.15) is 18.4 Å². The third-order valence-electron chi connectivity index (χ3n) is 13.2. The SMILES string of the molecule is N#Cc1cccc(-c2cc(-n3c4ccc(-c5ccccc5)cc4c4cc(-c5ccccc5)ccc43)c(C(F)(F)F)cc2-n2c3ccc(-c4ccccc4)cc3c3cc(-c4ccccc4)ccc32)c1. The smallest absolute Gasteiger partial charge is 0.309 e. The van der Waals surface area contributed by atoms with Gasteiger partial charge in [0.1, 0.15) is 0 Å². The van der Waals surface area contributed by atoms with Crippen LogP contribution in [0.3, 0.4) is 0 Å². The molecule has 0 saturated heterocycles. The van der Waals surface area contributed by atoms with Crippen molar-refractivity contribution in [2.75, 3.05) is 0 Å². The van der Waals surface area contributed by atoms with Gasteiger partial charge in [0.2, 0.25) is 0 Å². The molecule has 68 heavy (non-hydrogen) atoms. The van der Waals surface area contributed by atoms with E-state index in [1.54, 1.807) is 28.8 Å². The summed E-state index contributed by atoms with van der Waals surface area (Å²) in [5.41, 5.74) is 11.9. The number of aromatic nitrogens is 2. The van der Waals surface area contributed by atoms with Crippen molar-refractivity contribution < 1.29 is 13.2 Å². The van der Waals surface area contributed by atoms with Gasteiger partial charge in [-0.25, -0.2) is 0 Å². The van der Waals surface area contributed by atoms with Crippen LogP contribution in [0.5, 0.6) is 0 Å². The highest BCUT2D eigenvalue weighted by Crippen LogP contribution is 2.47. The lowest BCUT2D eigenvalue weighted by Gasteiger charge is -2.22. The molecule has 3 nitrogen and oxygen atoms in total. The van der Waals surface area contributed by atoms with Crippen molar-refractivity contribution >= 4 is 43.6 Å². The molecule has 0 amide bonds. The Morgan fingerprint density at radius 3 is 1.03 bits per heavy atom. The fourth-order valence-corrected chi connectivity index (χ4v) is 9.97. The standard InChI is InChI=1S/C62H38F3N3/c63-62(64,65)55-38-60(67-56-28-24-45(41-15-5-1-6-16-41)33-51(56)52-34-46(25-29-57(52)67)42-17-7-2-8-18-42)50(49-23-13-14-40(32-49)39-66)37-61(55)68-58-30-26-47(43-19-9-3-10-20-43)35-53(58)54-36-48(27-31-59(54)68)44-21-11-4-12-22-44/h1-38H. The monoisotopic (exact) mass is 881 g/mol. The molecule has 12 aromatic rings. The van der Waals surface area contributed by atoms with Crippen LogP contribution in [0, 0.1) is 11.3 Å². The Kier molecular flexibility index (Phi) is 9.67. The second-order valence-corrected chi connectivity index (χ2v) is 17.1. The van der Waals surface area contributed by atoms with Crippen molar-refractivity contribution in [2.45, 2.75) is 6.18 Å². The molecule has 12 rings (SSSR count). The molecular weight excluding hydrogens is 844 g/mol. The van der Waals surface area contributed by atoms with Crippen LogP contribution >= 0.6 is 0 Å². The first-order chi connectivity index (χ1) is 33.3. The molecular formula is C62H38F3N3. The molecule has 0 unspecified atom stereocenters. The first-order valence-corrected chi connectivity index (χ1v) is 22.5. The number of nitrogens with zero attached hydrogens (tertiary/aromatic N) is 3. The van der Waals surface area contributed by atoms with Crippen LogP contribution in [0.4, 0.5) is 13.2 Å². The molecule has 322 valence electrons. The molecule has 2 heterocycles. The Morgan fingerprint density at radius 1 is 0.324 bits per heavy atom. The van der Waals surface area contributed by atoms with Gasteiger partial charge in [0, 0.05) is 27.1 Å². The number of hydrogen-bond acceptors (Lipinski definition) is 1. The van der Waals surface area contributed by atoms with Gasteiger partial charge in [0.05, 0.1) is 50.6 Å². The van der Waals surface area contributed by atoms with E-state index >= 15 is 13.2 Å². The van der Waals surface area contributed by atoms with E-state index in [9.17, 15) is 5.26 Å². The summed E-state index contributed by atoms with van der Waals surface area (Å²) in [7, 11) is 0. The lowest BCUT2D eigenvalue weighted by Crippen LogP contribution is -2.13. The lowest BCUT2D eigenvalue weighted by molar-refractivity contribution is -0.137. The van der Waals surface area contributed by atoms with Crippen LogP contribution in [0.1, 0.15) is 11.1 Å². The third kappa shape index (κ3) is 6.92. The molecule has 0 fully saturated rings. The summed E-state index contributed by atoms with van der Waals surface area (Å²) in [6, 6.07) is 77.0. The number of nitriles is 1. The minimum Gasteiger partial charge on any atom is -0.309 e. The maximum Gasteiger partial charge on any atom is 0.418 e. The fraction of sp³-hybridized carbons (Fsp3) is 0.0161. The molecule has 0 aliphatic rings. The minimum atomic E-state index is -4.78. The van der Waals surface area contributed by atoms with Gasteiger partial charge in [-0.05, 0) is 123 Å². The van der Waals surface area contributed by atoms with E-state index in [1.807, 2.05) is 156 Å². The van der Waals surface area contributed by atoms with Crippen molar-refractivity contribution in [1.82, 2.24) is 9.13 Å². The largest absolute Gasteiger partial charge is 0.418 e. The van der Waals surface area contributed by atoms with E-state index in [2.05, 4.69) is 54.6 Å². The molecule has 0 saturated carbocycles. The zero-order chi connectivity index (χ0) is 45.9. The summed E-state index contributed by atoms with van der Waals surface area (Å²) in [6.45, 7) is 0. The first-order valence-electron chi connectivity index (χ1n) is 22.5. The van der Waals surface area contributed by atoms with E-state index in [0.29, 0.717) is 33.4 Å². The Morgan fingerprint density at radius 2 is 0.676 bits per heavy atom. The summed E-state index contributed by atoms with van der Waals surface area (Å²) in [4.78, 5) is 0. The van der Waals surface area contributed by atoms with Gasteiger partial charge in [-0.3, -0.25) is 0 Å². The van der Waals surface area contributed by atoms with Crippen LogP contribution in [-0.2, 0) is 6.18 Å². The molecule has 6 heteroatoms. The Hall–Kier alpha value is -8.92. The second kappa shape index (κ2) is 16.2. The molecule has 0 spiro atoms. The van der Waals surface area contributed by atoms with Gasteiger partial charge in [-0.1, -0.05) is 158 Å². The Bertz CT molecular complexity index is 3740. The quantitative estimate of drug-likeness (QED) is 0.157. The van der Waals surface area contributed by atoms with E-state index in [4.69, 9.17) is 0 Å². The Labute approximate surface area is 390 Å². The highest BCUT2D eigenvalue weighted by molar-refractivity contribution is 6.14. The maximum atomic E-state index is 16.3. The third-order valence-corrected chi connectivity index (χ3v) is 13.2. The number of alkyl halides is 3. The second-order valence-electron chi connectivity index (χ2n) is 17.1. The number of hydrogen-bond donors (Lipinski definition) is 0. The van der Waals surface area contributed by atoms with E-state index < -0.39 is 11.7 Å². The molecule has 0 N–H and O–H groups in total. The van der Waals surface area contributed by atoms with Gasteiger partial charge >= 0.3 is 6.18 Å². The summed E-state index contributed by atoms with van der Waals surface area (Å²) in [5, 5.41) is 13.6.